The van der Waals surface area contributed by atoms with Crippen molar-refractivity contribution < 1.29 is 0 Å². The monoisotopic (exact) mass is 300 g/mol. The molecule has 0 aliphatic heterocycles. The van der Waals surface area contributed by atoms with Crippen molar-refractivity contribution in [1.29, 1.82) is 0 Å². The zero-order valence-corrected chi connectivity index (χ0v) is 12.8. The van der Waals surface area contributed by atoms with Gasteiger partial charge in [-0.15, -0.1) is 0 Å². The van der Waals surface area contributed by atoms with Crippen LogP contribution < -0.4 is 5.73 Å². The lowest BCUT2D eigenvalue weighted by atomic mass is 10.0. The van der Waals surface area contributed by atoms with Crippen molar-refractivity contribution in [3.05, 3.63) is 70.7 Å². The Labute approximate surface area is 131 Å². The van der Waals surface area contributed by atoms with Gasteiger partial charge < -0.3 is 5.73 Å². The summed E-state index contributed by atoms with van der Waals surface area (Å²) >= 11 is 6.39. The molecular weight excluding hydrogens is 280 g/mol. The molecule has 3 rings (SSSR count). The van der Waals surface area contributed by atoms with Crippen LogP contribution in [-0.4, -0.2) is 17.5 Å². The highest BCUT2D eigenvalue weighted by Crippen LogP contribution is 2.37. The van der Waals surface area contributed by atoms with Gasteiger partial charge in [0.25, 0.3) is 0 Å². The van der Waals surface area contributed by atoms with Crippen LogP contribution in [-0.2, 0) is 6.54 Å². The summed E-state index contributed by atoms with van der Waals surface area (Å²) in [6, 6.07) is 19.5. The minimum atomic E-state index is 0.186. The van der Waals surface area contributed by atoms with Gasteiger partial charge in [0.15, 0.2) is 0 Å². The van der Waals surface area contributed by atoms with E-state index in [-0.39, 0.29) is 6.04 Å². The molecule has 1 aliphatic carbocycles. The molecule has 2 nitrogen and oxygen atoms in total. The van der Waals surface area contributed by atoms with Gasteiger partial charge in [-0.2, -0.15) is 0 Å². The van der Waals surface area contributed by atoms with Gasteiger partial charge in [-0.05, 0) is 30.0 Å². The van der Waals surface area contributed by atoms with Crippen molar-refractivity contribution in [1.82, 2.24) is 4.90 Å². The first-order chi connectivity index (χ1) is 10.3. The van der Waals surface area contributed by atoms with Crippen LogP contribution in [0.1, 0.15) is 30.0 Å². The van der Waals surface area contributed by atoms with Gasteiger partial charge in [-0.1, -0.05) is 60.1 Å². The summed E-state index contributed by atoms with van der Waals surface area (Å²) in [7, 11) is 0. The smallest absolute Gasteiger partial charge is 0.0491 e. The van der Waals surface area contributed by atoms with E-state index in [0.717, 1.165) is 17.1 Å². The summed E-state index contributed by atoms with van der Waals surface area (Å²) in [5, 5.41) is 0.812. The molecule has 0 amide bonds. The largest absolute Gasteiger partial charge is 0.329 e. The molecule has 110 valence electrons. The van der Waals surface area contributed by atoms with Crippen molar-refractivity contribution >= 4 is 11.6 Å². The van der Waals surface area contributed by atoms with Gasteiger partial charge in [-0.25, -0.2) is 0 Å². The van der Waals surface area contributed by atoms with E-state index in [9.17, 15) is 0 Å². The molecule has 0 aromatic heterocycles. The molecule has 3 heteroatoms. The number of nitrogens with zero attached hydrogens (tertiary/aromatic N) is 1. The molecule has 21 heavy (non-hydrogen) atoms. The van der Waals surface area contributed by atoms with E-state index in [0.29, 0.717) is 12.6 Å². The molecule has 2 aromatic carbocycles. The number of nitrogens with two attached hydrogens (primary N) is 1. The Bertz CT molecular complexity index is 581. The third kappa shape index (κ3) is 3.46. The fourth-order valence-corrected chi connectivity index (χ4v) is 3.14. The highest BCUT2D eigenvalue weighted by Gasteiger charge is 2.34. The lowest BCUT2D eigenvalue weighted by Crippen LogP contribution is -2.35. The molecule has 0 saturated heterocycles. The summed E-state index contributed by atoms with van der Waals surface area (Å²) in [5.74, 6) is 0. The Morgan fingerprint density at radius 2 is 1.71 bits per heavy atom. The molecule has 1 saturated carbocycles. The summed E-state index contributed by atoms with van der Waals surface area (Å²) in [5.41, 5.74) is 8.57. The van der Waals surface area contributed by atoms with E-state index in [1.54, 1.807) is 0 Å². The maximum Gasteiger partial charge on any atom is 0.0491 e. The summed E-state index contributed by atoms with van der Waals surface area (Å²) < 4.78 is 0. The van der Waals surface area contributed by atoms with E-state index in [2.05, 4.69) is 41.3 Å². The van der Waals surface area contributed by atoms with E-state index in [1.807, 2.05) is 18.2 Å². The minimum absolute atomic E-state index is 0.186. The highest BCUT2D eigenvalue weighted by atomic mass is 35.5. The van der Waals surface area contributed by atoms with Crippen molar-refractivity contribution in [2.75, 3.05) is 6.54 Å². The van der Waals surface area contributed by atoms with Crippen molar-refractivity contribution in [2.24, 2.45) is 5.73 Å². The maximum atomic E-state index is 6.39. The number of hydrogen-bond acceptors (Lipinski definition) is 2. The first-order valence-corrected chi connectivity index (χ1v) is 7.91. The van der Waals surface area contributed by atoms with E-state index in [4.69, 9.17) is 17.3 Å². The van der Waals surface area contributed by atoms with Crippen LogP contribution in [0.4, 0.5) is 0 Å². The molecule has 2 N–H and O–H groups in total. The van der Waals surface area contributed by atoms with Crippen LogP contribution in [0, 0.1) is 0 Å². The predicted molar refractivity (Wildman–Crippen MR) is 88.3 cm³/mol. The summed E-state index contributed by atoms with van der Waals surface area (Å²) in [6.45, 7) is 1.52. The van der Waals surface area contributed by atoms with Crippen LogP contribution in [0.2, 0.25) is 5.02 Å². The van der Waals surface area contributed by atoms with Crippen molar-refractivity contribution in [2.45, 2.75) is 31.5 Å². The predicted octanol–water partition coefficient (Wildman–Crippen LogP) is 4.00. The average Bonchev–Trinajstić information content (AvgIpc) is 3.34. The number of hydrogen-bond donors (Lipinski definition) is 1. The minimum Gasteiger partial charge on any atom is -0.329 e. The third-order valence-electron chi connectivity index (χ3n) is 4.11. The SMILES string of the molecule is NCC(c1ccccc1Cl)N(Cc1ccccc1)C1CC1. The quantitative estimate of drug-likeness (QED) is 0.873. The van der Waals surface area contributed by atoms with Gasteiger partial charge in [0.2, 0.25) is 0 Å². The Morgan fingerprint density at radius 3 is 2.33 bits per heavy atom. The molecule has 0 heterocycles. The first-order valence-electron chi connectivity index (χ1n) is 7.53. The van der Waals surface area contributed by atoms with Crippen LogP contribution >= 0.6 is 11.6 Å². The van der Waals surface area contributed by atoms with Gasteiger partial charge in [0.1, 0.15) is 0 Å². The number of halogens is 1. The second-order valence-corrected chi connectivity index (χ2v) is 6.07. The Kier molecular flexibility index (Phi) is 4.59. The fraction of sp³-hybridized carbons (Fsp3) is 0.333. The van der Waals surface area contributed by atoms with E-state index in [1.165, 1.54) is 18.4 Å². The van der Waals surface area contributed by atoms with Gasteiger partial charge in [-0.3, -0.25) is 4.90 Å². The van der Waals surface area contributed by atoms with E-state index < -0.39 is 0 Å². The second-order valence-electron chi connectivity index (χ2n) is 5.66. The van der Waals surface area contributed by atoms with Crippen molar-refractivity contribution in [3.63, 3.8) is 0 Å². The molecule has 0 bridgehead atoms. The fourth-order valence-electron chi connectivity index (χ4n) is 2.88. The van der Waals surface area contributed by atoms with E-state index >= 15 is 0 Å². The van der Waals surface area contributed by atoms with Crippen LogP contribution in [0.5, 0.6) is 0 Å². The number of benzene rings is 2. The molecule has 1 atom stereocenters. The molecular formula is C18H21ClN2. The maximum absolute atomic E-state index is 6.39. The molecule has 1 unspecified atom stereocenters. The first kappa shape index (κ1) is 14.6. The van der Waals surface area contributed by atoms with Crippen LogP contribution in [0.25, 0.3) is 0 Å². The Hall–Kier alpha value is -1.35. The zero-order valence-electron chi connectivity index (χ0n) is 12.1. The Balaban J connectivity index is 1.86. The molecule has 0 radical (unpaired) electrons. The summed E-state index contributed by atoms with van der Waals surface area (Å²) in [4.78, 5) is 2.51. The standard InChI is InChI=1S/C18H21ClN2/c19-17-9-5-4-8-16(17)18(12-20)21(15-10-11-15)13-14-6-2-1-3-7-14/h1-9,15,18H,10-13,20H2. The Morgan fingerprint density at radius 1 is 1.05 bits per heavy atom. The molecule has 1 fully saturated rings. The van der Waals surface area contributed by atoms with Gasteiger partial charge in [0.05, 0.1) is 0 Å². The normalized spacial score (nSPS) is 16.1. The van der Waals surface area contributed by atoms with Gasteiger partial charge >= 0.3 is 0 Å². The van der Waals surface area contributed by atoms with Crippen molar-refractivity contribution in [3.8, 4) is 0 Å². The lowest BCUT2D eigenvalue weighted by Gasteiger charge is -2.32. The number of rotatable bonds is 6. The average molecular weight is 301 g/mol. The van der Waals surface area contributed by atoms with Gasteiger partial charge in [0, 0.05) is 30.2 Å². The molecule has 2 aromatic rings. The third-order valence-corrected chi connectivity index (χ3v) is 4.46. The zero-order chi connectivity index (χ0) is 14.7. The molecule has 1 aliphatic rings. The molecule has 0 spiro atoms. The highest BCUT2D eigenvalue weighted by molar-refractivity contribution is 6.31. The second kappa shape index (κ2) is 6.61. The topological polar surface area (TPSA) is 29.3 Å². The lowest BCUT2D eigenvalue weighted by molar-refractivity contribution is 0.182. The van der Waals surface area contributed by atoms with Crippen LogP contribution in [0.15, 0.2) is 54.6 Å². The van der Waals surface area contributed by atoms with Crippen LogP contribution in [0.3, 0.4) is 0 Å². The summed E-state index contributed by atoms with van der Waals surface area (Å²) in [6.07, 6.45) is 2.52.